The molecule has 0 saturated carbocycles. The van der Waals surface area contributed by atoms with Crippen molar-refractivity contribution in [3.63, 3.8) is 0 Å². The van der Waals surface area contributed by atoms with Gasteiger partial charge in [-0.05, 0) is 18.1 Å². The maximum atomic E-state index is 5.14. The van der Waals surface area contributed by atoms with Crippen LogP contribution in [0.5, 0.6) is 0 Å². The van der Waals surface area contributed by atoms with Crippen molar-refractivity contribution in [3.8, 4) is 0 Å². The van der Waals surface area contributed by atoms with Crippen LogP contribution in [0.15, 0.2) is 90.3 Å². The lowest BCUT2D eigenvalue weighted by atomic mass is 10.0. The third-order valence-corrected chi connectivity index (χ3v) is 6.49. The van der Waals surface area contributed by atoms with Crippen LogP contribution in [-0.2, 0) is 13.5 Å². The molecule has 0 atom stereocenters. The second-order valence-corrected chi connectivity index (χ2v) is 9.20. The molecule has 7 heteroatoms. The Bertz CT molecular complexity index is 1510. The first-order valence-electron chi connectivity index (χ1n) is 12.4. The minimum atomic E-state index is 0.582. The Morgan fingerprint density at radius 1 is 0.865 bits per heavy atom. The minimum Gasteiger partial charge on any atom is -0.363 e. The monoisotopic (exact) mass is 489 g/mol. The molecule has 3 aromatic heterocycles. The molecule has 0 saturated heterocycles. The molecule has 0 unspecified atom stereocenters. The minimum absolute atomic E-state index is 0.582. The average molecular weight is 490 g/mol. The van der Waals surface area contributed by atoms with Gasteiger partial charge in [0.1, 0.15) is 17.2 Å². The maximum Gasteiger partial charge on any atom is 0.183 e. The fourth-order valence-corrected chi connectivity index (χ4v) is 4.37. The SMILES string of the molecule is CCc1cc(N(C)C)ncc1N(C)c1cc2c(ncn2C)c(N=C(c2ccccc2)c2ccccc2)n1. The summed E-state index contributed by atoms with van der Waals surface area (Å²) in [5.41, 5.74) is 6.85. The predicted octanol–water partition coefficient (Wildman–Crippen LogP) is 5.93. The van der Waals surface area contributed by atoms with E-state index in [1.54, 1.807) is 0 Å². The molecule has 0 amide bonds. The van der Waals surface area contributed by atoms with Crippen molar-refractivity contribution in [2.24, 2.45) is 12.0 Å². The number of pyridine rings is 2. The largest absolute Gasteiger partial charge is 0.363 e. The zero-order chi connectivity index (χ0) is 25.9. The summed E-state index contributed by atoms with van der Waals surface area (Å²) in [6, 6.07) is 24.6. The lowest BCUT2D eigenvalue weighted by molar-refractivity contribution is 0.946. The van der Waals surface area contributed by atoms with Gasteiger partial charge in [-0.15, -0.1) is 0 Å². The van der Waals surface area contributed by atoms with Crippen molar-refractivity contribution in [1.29, 1.82) is 0 Å². The van der Waals surface area contributed by atoms with Crippen molar-refractivity contribution >= 4 is 39.9 Å². The van der Waals surface area contributed by atoms with E-state index in [4.69, 9.17) is 9.98 Å². The standard InChI is InChI=1S/C30H31N7/c1-6-21-17-26(35(2)3)31-19-25(21)37(5)27-18-24-29(32-20-36(24)4)30(33-27)34-28(22-13-9-7-10-14-22)23-15-11-8-12-16-23/h7-20H,6H2,1-5H3. The number of rotatable bonds is 7. The van der Waals surface area contributed by atoms with Crippen LogP contribution in [0, 0.1) is 0 Å². The van der Waals surface area contributed by atoms with Crippen LogP contribution in [0.2, 0.25) is 0 Å². The summed E-state index contributed by atoms with van der Waals surface area (Å²) in [6.45, 7) is 2.16. The molecule has 5 aromatic rings. The molecule has 0 bridgehead atoms. The number of nitrogens with zero attached hydrogens (tertiary/aromatic N) is 7. The van der Waals surface area contributed by atoms with E-state index in [-0.39, 0.29) is 0 Å². The van der Waals surface area contributed by atoms with Crippen LogP contribution >= 0.6 is 0 Å². The van der Waals surface area contributed by atoms with E-state index in [2.05, 4.69) is 58.2 Å². The number of aromatic nitrogens is 4. The molecular formula is C30H31N7. The number of hydrogen-bond acceptors (Lipinski definition) is 6. The highest BCUT2D eigenvalue weighted by atomic mass is 15.2. The van der Waals surface area contributed by atoms with Gasteiger partial charge in [0.2, 0.25) is 0 Å². The normalized spacial score (nSPS) is 10.9. The van der Waals surface area contributed by atoms with Gasteiger partial charge in [0.05, 0.1) is 29.4 Å². The van der Waals surface area contributed by atoms with Crippen molar-refractivity contribution in [3.05, 3.63) is 102 Å². The summed E-state index contributed by atoms with van der Waals surface area (Å²) >= 11 is 0. The van der Waals surface area contributed by atoms with E-state index < -0.39 is 0 Å². The number of benzene rings is 2. The zero-order valence-corrected chi connectivity index (χ0v) is 21.9. The van der Waals surface area contributed by atoms with E-state index in [1.165, 1.54) is 5.56 Å². The fraction of sp³-hybridized carbons (Fsp3) is 0.200. The van der Waals surface area contributed by atoms with Crippen molar-refractivity contribution in [2.75, 3.05) is 30.9 Å². The van der Waals surface area contributed by atoms with E-state index in [9.17, 15) is 0 Å². The van der Waals surface area contributed by atoms with Crippen LogP contribution in [0.25, 0.3) is 11.0 Å². The molecule has 37 heavy (non-hydrogen) atoms. The Labute approximate surface area is 217 Å². The molecule has 186 valence electrons. The summed E-state index contributed by atoms with van der Waals surface area (Å²) in [7, 11) is 8.03. The molecule has 5 rings (SSSR count). The van der Waals surface area contributed by atoms with E-state index in [0.29, 0.717) is 5.82 Å². The highest BCUT2D eigenvalue weighted by Crippen LogP contribution is 2.33. The van der Waals surface area contributed by atoms with Gasteiger partial charge in [-0.1, -0.05) is 67.6 Å². The third-order valence-electron chi connectivity index (χ3n) is 6.49. The van der Waals surface area contributed by atoms with Gasteiger partial charge < -0.3 is 14.4 Å². The van der Waals surface area contributed by atoms with Gasteiger partial charge >= 0.3 is 0 Å². The van der Waals surface area contributed by atoms with Crippen LogP contribution in [0.4, 0.5) is 23.1 Å². The average Bonchev–Trinajstić information content (AvgIpc) is 3.32. The lowest BCUT2D eigenvalue weighted by Crippen LogP contribution is -2.16. The summed E-state index contributed by atoms with van der Waals surface area (Å²) in [4.78, 5) is 23.6. The molecule has 7 nitrogen and oxygen atoms in total. The van der Waals surface area contributed by atoms with Gasteiger partial charge in [0.25, 0.3) is 0 Å². The molecule has 0 aliphatic rings. The topological polar surface area (TPSA) is 62.4 Å². The second-order valence-electron chi connectivity index (χ2n) is 9.20. The quantitative estimate of drug-likeness (QED) is 0.265. The molecule has 3 heterocycles. The summed E-state index contributed by atoms with van der Waals surface area (Å²) < 4.78 is 2.01. The Morgan fingerprint density at radius 2 is 1.51 bits per heavy atom. The van der Waals surface area contributed by atoms with E-state index >= 15 is 0 Å². The van der Waals surface area contributed by atoms with Crippen molar-refractivity contribution in [2.45, 2.75) is 13.3 Å². The zero-order valence-electron chi connectivity index (χ0n) is 21.9. The van der Waals surface area contributed by atoms with E-state index in [0.717, 1.165) is 51.6 Å². The summed E-state index contributed by atoms with van der Waals surface area (Å²) in [6.07, 6.45) is 4.62. The molecule has 0 N–H and O–H groups in total. The molecule has 0 radical (unpaired) electrons. The summed E-state index contributed by atoms with van der Waals surface area (Å²) in [5.74, 6) is 2.30. The Balaban J connectivity index is 1.69. The summed E-state index contributed by atoms with van der Waals surface area (Å²) in [5, 5.41) is 0. The first-order valence-corrected chi connectivity index (χ1v) is 12.4. The van der Waals surface area contributed by atoms with Crippen LogP contribution < -0.4 is 9.80 Å². The molecule has 0 aliphatic heterocycles. The first kappa shape index (κ1) is 24.2. The van der Waals surface area contributed by atoms with Gasteiger partial charge in [0, 0.05) is 45.4 Å². The number of hydrogen-bond donors (Lipinski definition) is 0. The number of aliphatic imine (C=N–C) groups is 1. The Hall–Kier alpha value is -4.52. The smallest absolute Gasteiger partial charge is 0.183 e. The maximum absolute atomic E-state index is 5.14. The van der Waals surface area contributed by atoms with Crippen LogP contribution in [-0.4, -0.2) is 46.4 Å². The fourth-order valence-electron chi connectivity index (χ4n) is 4.37. The van der Waals surface area contributed by atoms with Gasteiger partial charge in [-0.25, -0.2) is 19.9 Å². The van der Waals surface area contributed by atoms with Crippen molar-refractivity contribution < 1.29 is 0 Å². The third kappa shape index (κ3) is 4.80. The second kappa shape index (κ2) is 10.2. The van der Waals surface area contributed by atoms with Gasteiger partial charge in [-0.2, -0.15) is 0 Å². The van der Waals surface area contributed by atoms with Crippen molar-refractivity contribution in [1.82, 2.24) is 19.5 Å². The number of anilines is 3. The highest BCUT2D eigenvalue weighted by molar-refractivity contribution is 6.14. The molecule has 0 spiro atoms. The van der Waals surface area contributed by atoms with Gasteiger partial charge in [-0.3, -0.25) is 0 Å². The lowest BCUT2D eigenvalue weighted by Gasteiger charge is -2.23. The molecule has 0 fully saturated rings. The number of fused-ring (bicyclic) bond motifs is 1. The predicted molar refractivity (Wildman–Crippen MR) is 153 cm³/mol. The Morgan fingerprint density at radius 3 is 2.11 bits per heavy atom. The number of aryl methyl sites for hydroxylation is 2. The number of imidazole rings is 1. The molecule has 0 aliphatic carbocycles. The van der Waals surface area contributed by atoms with Crippen LogP contribution in [0.3, 0.4) is 0 Å². The molecule has 2 aromatic carbocycles. The Kier molecular flexibility index (Phi) is 6.68. The van der Waals surface area contributed by atoms with E-state index in [1.807, 2.05) is 86.6 Å². The first-order chi connectivity index (χ1) is 18.0. The molecular weight excluding hydrogens is 458 g/mol. The van der Waals surface area contributed by atoms with Crippen LogP contribution in [0.1, 0.15) is 23.6 Å². The highest BCUT2D eigenvalue weighted by Gasteiger charge is 2.18. The van der Waals surface area contributed by atoms with Gasteiger partial charge in [0.15, 0.2) is 5.82 Å².